The van der Waals surface area contributed by atoms with Gasteiger partial charge in [-0.15, -0.1) is 0 Å². The number of sulfonamides is 1. The zero-order valence-corrected chi connectivity index (χ0v) is 25.1. The molecule has 3 aliphatic heterocycles. The zero-order valence-electron chi connectivity index (χ0n) is 24.3. The fourth-order valence-corrected chi connectivity index (χ4v) is 8.57. The molecule has 7 rings (SSSR count). The summed E-state index contributed by atoms with van der Waals surface area (Å²) in [6, 6.07) is 12.7. The number of nitrogens with zero attached hydrogens (tertiary/aromatic N) is 3. The van der Waals surface area contributed by atoms with Crippen LogP contribution in [0.25, 0.3) is 11.6 Å². The molecule has 3 aromatic rings. The number of aryl methyl sites for hydroxylation is 1. The van der Waals surface area contributed by atoms with E-state index in [1.54, 1.807) is 18.2 Å². The Kier molecular flexibility index (Phi) is 7.20. The number of rotatable bonds is 7. The van der Waals surface area contributed by atoms with Gasteiger partial charge in [-0.05, 0) is 106 Å². The standard InChI is InChI=1S/C33H39N5O3S/c1-36-17-19-37(20-18-36)15-6-9-26-25-8-3-4-10-29(25)34-31(26)22-28-27-21-24(12-13-30(27)35-33(28)39)42(40,41)38-16-14-23-7-2-5-11-32(23)38/h2,5,7,11-13,21-22,34H,3-4,6,8-10,14-20H2,1H3,(H,35,39)/b28-22-. The lowest BCUT2D eigenvalue weighted by Crippen LogP contribution is -2.44. The maximum absolute atomic E-state index is 13.8. The van der Waals surface area contributed by atoms with Gasteiger partial charge >= 0.3 is 0 Å². The number of carbonyl (C=O) groups excluding carboxylic acids is 1. The van der Waals surface area contributed by atoms with Crippen molar-refractivity contribution in [3.05, 3.63) is 76.1 Å². The Morgan fingerprint density at radius 1 is 0.952 bits per heavy atom. The molecule has 4 aliphatic rings. The Hall–Kier alpha value is -3.40. The molecule has 0 atom stereocenters. The lowest BCUT2D eigenvalue weighted by molar-refractivity contribution is -0.110. The van der Waals surface area contributed by atoms with Crippen molar-refractivity contribution in [1.82, 2.24) is 14.8 Å². The third-order valence-electron chi connectivity index (χ3n) is 9.44. The molecular weight excluding hydrogens is 546 g/mol. The van der Waals surface area contributed by atoms with Gasteiger partial charge in [0, 0.05) is 55.4 Å². The molecule has 8 nitrogen and oxygen atoms in total. The number of hydrogen-bond acceptors (Lipinski definition) is 5. The molecule has 1 aliphatic carbocycles. The van der Waals surface area contributed by atoms with Gasteiger partial charge in [-0.2, -0.15) is 0 Å². The van der Waals surface area contributed by atoms with E-state index in [4.69, 9.17) is 0 Å². The average Bonchev–Trinajstić information content (AvgIpc) is 3.68. The molecule has 1 aromatic heterocycles. The number of fused-ring (bicyclic) bond motifs is 3. The highest BCUT2D eigenvalue weighted by Crippen LogP contribution is 2.39. The Bertz CT molecular complexity index is 1670. The number of carbonyl (C=O) groups is 1. The van der Waals surface area contributed by atoms with Crippen LogP contribution in [0.5, 0.6) is 0 Å². The topological polar surface area (TPSA) is 88.8 Å². The molecule has 0 spiro atoms. The molecule has 1 amide bonds. The second-order valence-electron chi connectivity index (χ2n) is 12.1. The first kappa shape index (κ1) is 27.4. The molecule has 0 unspecified atom stereocenters. The minimum atomic E-state index is -3.77. The summed E-state index contributed by atoms with van der Waals surface area (Å²) in [6.45, 7) is 5.96. The van der Waals surface area contributed by atoms with E-state index in [1.807, 2.05) is 30.3 Å². The highest BCUT2D eigenvalue weighted by atomic mass is 32.2. The number of H-pyrrole nitrogens is 1. The molecule has 0 radical (unpaired) electrons. The maximum atomic E-state index is 13.8. The second-order valence-corrected chi connectivity index (χ2v) is 14.0. The van der Waals surface area contributed by atoms with Gasteiger partial charge in [-0.3, -0.25) is 9.10 Å². The van der Waals surface area contributed by atoms with Gasteiger partial charge in [0.1, 0.15) is 0 Å². The lowest BCUT2D eigenvalue weighted by Gasteiger charge is -2.32. The van der Waals surface area contributed by atoms with Crippen molar-refractivity contribution in [2.45, 2.75) is 49.8 Å². The van der Waals surface area contributed by atoms with Crippen LogP contribution in [0.4, 0.5) is 11.4 Å². The van der Waals surface area contributed by atoms with Crippen LogP contribution in [0.2, 0.25) is 0 Å². The number of aromatic nitrogens is 1. The first-order valence-electron chi connectivity index (χ1n) is 15.3. The third kappa shape index (κ3) is 4.97. The van der Waals surface area contributed by atoms with E-state index < -0.39 is 10.0 Å². The third-order valence-corrected chi connectivity index (χ3v) is 11.2. The van der Waals surface area contributed by atoms with Crippen molar-refractivity contribution in [3.8, 4) is 0 Å². The zero-order chi connectivity index (χ0) is 28.8. The Balaban J connectivity index is 1.19. The van der Waals surface area contributed by atoms with Crippen LogP contribution in [-0.4, -0.2) is 75.4 Å². The summed E-state index contributed by atoms with van der Waals surface area (Å²) in [5.41, 5.74) is 8.63. The average molecular weight is 586 g/mol. The smallest absolute Gasteiger partial charge is 0.264 e. The first-order valence-corrected chi connectivity index (χ1v) is 16.7. The fraction of sp³-hybridized carbons (Fsp3) is 0.424. The number of piperazine rings is 1. The summed E-state index contributed by atoms with van der Waals surface area (Å²) in [6.07, 6.45) is 9.17. The number of benzene rings is 2. The first-order chi connectivity index (χ1) is 20.4. The van der Waals surface area contributed by atoms with E-state index in [0.717, 1.165) is 75.4 Å². The predicted octanol–water partition coefficient (Wildman–Crippen LogP) is 4.32. The fourth-order valence-electron chi connectivity index (χ4n) is 7.04. The summed E-state index contributed by atoms with van der Waals surface area (Å²) in [4.78, 5) is 22.1. The summed E-state index contributed by atoms with van der Waals surface area (Å²) >= 11 is 0. The Morgan fingerprint density at radius 3 is 2.62 bits per heavy atom. The molecule has 0 bridgehead atoms. The number of nitrogens with one attached hydrogen (secondary N) is 2. The summed E-state index contributed by atoms with van der Waals surface area (Å²) in [5.74, 6) is -0.193. The molecule has 0 saturated carbocycles. The summed E-state index contributed by atoms with van der Waals surface area (Å²) < 4.78 is 29.1. The normalized spacial score (nSPS) is 20.1. The number of hydrogen-bond donors (Lipinski definition) is 2. The second kappa shape index (κ2) is 11.0. The van der Waals surface area contributed by atoms with Crippen molar-refractivity contribution >= 4 is 39.0 Å². The van der Waals surface area contributed by atoms with Crippen LogP contribution in [0, 0.1) is 0 Å². The van der Waals surface area contributed by atoms with Crippen molar-refractivity contribution < 1.29 is 13.2 Å². The van der Waals surface area contributed by atoms with Crippen LogP contribution in [0.1, 0.15) is 52.9 Å². The number of para-hydroxylation sites is 1. The number of anilines is 2. The highest BCUT2D eigenvalue weighted by Gasteiger charge is 2.33. The number of likely N-dealkylation sites (N-methyl/N-ethyl adjacent to an activating group) is 1. The molecule has 220 valence electrons. The van der Waals surface area contributed by atoms with Gasteiger partial charge in [0.05, 0.1) is 16.2 Å². The van der Waals surface area contributed by atoms with Gasteiger partial charge in [-0.25, -0.2) is 8.42 Å². The van der Waals surface area contributed by atoms with Crippen molar-refractivity contribution in [2.24, 2.45) is 0 Å². The lowest BCUT2D eigenvalue weighted by atomic mass is 9.92. The molecule has 1 fully saturated rings. The molecule has 4 heterocycles. The van der Waals surface area contributed by atoms with Crippen LogP contribution >= 0.6 is 0 Å². The highest BCUT2D eigenvalue weighted by molar-refractivity contribution is 7.92. The largest absolute Gasteiger partial charge is 0.358 e. The summed E-state index contributed by atoms with van der Waals surface area (Å²) in [7, 11) is -1.59. The van der Waals surface area contributed by atoms with Gasteiger partial charge in [-0.1, -0.05) is 18.2 Å². The van der Waals surface area contributed by atoms with Gasteiger partial charge in [0.2, 0.25) is 0 Å². The Morgan fingerprint density at radius 2 is 1.76 bits per heavy atom. The van der Waals surface area contributed by atoms with Crippen molar-refractivity contribution in [1.29, 1.82) is 0 Å². The van der Waals surface area contributed by atoms with Crippen molar-refractivity contribution in [3.63, 3.8) is 0 Å². The SMILES string of the molecule is CN1CCN(CCCc2c(/C=C3\C(=O)Nc4ccc(S(=O)(=O)N5CCc6ccccc65)cc43)[nH]c3c2CCCC3)CC1. The summed E-state index contributed by atoms with van der Waals surface area (Å²) in [5, 5.41) is 2.96. The van der Waals surface area contributed by atoms with Crippen LogP contribution in [-0.2, 0) is 40.5 Å². The van der Waals surface area contributed by atoms with E-state index in [-0.39, 0.29) is 10.8 Å². The van der Waals surface area contributed by atoms with E-state index >= 15 is 0 Å². The van der Waals surface area contributed by atoms with Crippen LogP contribution < -0.4 is 9.62 Å². The molecule has 9 heteroatoms. The van der Waals surface area contributed by atoms with E-state index in [9.17, 15) is 13.2 Å². The number of amides is 1. The van der Waals surface area contributed by atoms with E-state index in [1.165, 1.54) is 34.0 Å². The quantitative estimate of drug-likeness (QED) is 0.404. The van der Waals surface area contributed by atoms with E-state index in [0.29, 0.717) is 29.8 Å². The monoisotopic (exact) mass is 585 g/mol. The van der Waals surface area contributed by atoms with Gasteiger partial charge in [0.15, 0.2) is 0 Å². The van der Waals surface area contributed by atoms with Crippen LogP contribution in [0.15, 0.2) is 47.4 Å². The van der Waals surface area contributed by atoms with Crippen molar-refractivity contribution in [2.75, 3.05) is 55.9 Å². The minimum Gasteiger partial charge on any atom is -0.358 e. The Labute approximate surface area is 248 Å². The molecule has 2 aromatic carbocycles. The molecule has 1 saturated heterocycles. The molecule has 42 heavy (non-hydrogen) atoms. The van der Waals surface area contributed by atoms with Gasteiger partial charge in [0.25, 0.3) is 15.9 Å². The predicted molar refractivity (Wildman–Crippen MR) is 167 cm³/mol. The molecular formula is C33H39N5O3S. The van der Waals surface area contributed by atoms with E-state index in [2.05, 4.69) is 27.1 Å². The maximum Gasteiger partial charge on any atom is 0.264 e. The van der Waals surface area contributed by atoms with Crippen LogP contribution in [0.3, 0.4) is 0 Å². The van der Waals surface area contributed by atoms with Gasteiger partial charge < -0.3 is 20.1 Å². The molecule has 2 N–H and O–H groups in total. The number of aromatic amines is 1. The minimum absolute atomic E-state index is 0.193.